The van der Waals surface area contributed by atoms with Gasteiger partial charge in [0.05, 0.1) is 56.4 Å². The summed E-state index contributed by atoms with van der Waals surface area (Å²) in [6, 6.07) is 1.74. The van der Waals surface area contributed by atoms with Gasteiger partial charge in [0.2, 0.25) is 5.88 Å². The molecule has 1 N–H and O–H groups in total. The first kappa shape index (κ1) is 28.7. The Morgan fingerprint density at radius 3 is 2.88 bits per heavy atom. The summed E-state index contributed by atoms with van der Waals surface area (Å²) in [5, 5.41) is 19.4. The topological polar surface area (TPSA) is 90.5 Å². The first-order valence-electron chi connectivity index (χ1n) is 14.9. The maximum Gasteiger partial charge on any atom is 0.250 e. The molecule has 10 heteroatoms. The highest BCUT2D eigenvalue weighted by molar-refractivity contribution is 5.64. The van der Waals surface area contributed by atoms with Crippen molar-refractivity contribution < 1.29 is 19.0 Å². The highest BCUT2D eigenvalue weighted by Gasteiger charge is 2.27. The second kappa shape index (κ2) is 13.7. The Morgan fingerprint density at radius 2 is 2.08 bits per heavy atom. The fraction of sp³-hybridized carbons (Fsp3) is 0.633. The molecule has 2 aliphatic rings. The van der Waals surface area contributed by atoms with Crippen molar-refractivity contribution in [2.45, 2.75) is 77.3 Å². The lowest BCUT2D eigenvalue weighted by Crippen LogP contribution is -2.36. The zero-order chi connectivity index (χ0) is 27.9. The van der Waals surface area contributed by atoms with Crippen LogP contribution in [0.3, 0.4) is 0 Å². The van der Waals surface area contributed by atoms with Crippen LogP contribution in [-0.2, 0) is 24.1 Å². The number of aryl methyl sites for hydroxylation is 1. The number of unbranched alkanes of at least 4 members (excludes halogenated alkanes) is 2. The van der Waals surface area contributed by atoms with Crippen LogP contribution in [0.25, 0.3) is 16.9 Å². The van der Waals surface area contributed by atoms with E-state index in [1.807, 2.05) is 10.9 Å². The number of ether oxygens (including phenoxy) is 2. The zero-order valence-electron chi connectivity index (χ0n) is 23.9. The number of likely N-dealkylation sites (tertiary alicyclic amines) is 1. The van der Waals surface area contributed by atoms with E-state index in [0.29, 0.717) is 31.4 Å². The molecule has 0 bridgehead atoms. The number of fused-ring (bicyclic) bond motifs is 1. The number of hydrogen-bond acceptors (Lipinski definition) is 7. The molecule has 2 aliphatic heterocycles. The van der Waals surface area contributed by atoms with Crippen LogP contribution in [0.2, 0.25) is 0 Å². The third-order valence-electron chi connectivity index (χ3n) is 8.39. The fourth-order valence-corrected chi connectivity index (χ4v) is 6.15. The molecule has 2 unspecified atom stereocenters. The molecule has 0 aliphatic carbocycles. The zero-order valence-corrected chi connectivity index (χ0v) is 23.9. The van der Waals surface area contributed by atoms with Gasteiger partial charge < -0.3 is 14.6 Å². The number of aliphatic hydroxyl groups is 1. The van der Waals surface area contributed by atoms with Gasteiger partial charge in [-0.2, -0.15) is 10.2 Å². The Labute approximate surface area is 236 Å². The number of halogens is 1. The first-order valence-corrected chi connectivity index (χ1v) is 14.9. The minimum Gasteiger partial charge on any atom is -0.479 e. The first-order chi connectivity index (χ1) is 19.6. The molecule has 1 fully saturated rings. The van der Waals surface area contributed by atoms with Crippen molar-refractivity contribution in [2.75, 3.05) is 40.0 Å². The lowest BCUT2D eigenvalue weighted by molar-refractivity contribution is 0.132. The van der Waals surface area contributed by atoms with Gasteiger partial charge in [-0.3, -0.25) is 9.58 Å². The Hall–Kier alpha value is -2.82. The lowest BCUT2D eigenvalue weighted by atomic mass is 10.0. The Kier molecular flexibility index (Phi) is 9.83. The molecular formula is C30H43FN6O3. The van der Waals surface area contributed by atoms with E-state index >= 15 is 0 Å². The van der Waals surface area contributed by atoms with Crippen LogP contribution in [0.4, 0.5) is 4.39 Å². The molecule has 1 saturated heterocycles. The number of pyridine rings is 1. The summed E-state index contributed by atoms with van der Waals surface area (Å²) in [5.74, 6) is 0.180. The van der Waals surface area contributed by atoms with E-state index in [-0.39, 0.29) is 12.5 Å². The van der Waals surface area contributed by atoms with E-state index in [1.54, 1.807) is 10.9 Å². The number of hydrogen-bond donors (Lipinski definition) is 1. The quantitative estimate of drug-likeness (QED) is 0.313. The molecule has 0 aromatic carbocycles. The van der Waals surface area contributed by atoms with Gasteiger partial charge in [0.15, 0.2) is 5.82 Å². The van der Waals surface area contributed by atoms with Crippen LogP contribution in [0.15, 0.2) is 24.7 Å². The highest BCUT2D eigenvalue weighted by atomic mass is 19.1. The van der Waals surface area contributed by atoms with Crippen LogP contribution < -0.4 is 4.74 Å². The lowest BCUT2D eigenvalue weighted by Gasteiger charge is -2.26. The number of aromatic nitrogens is 5. The minimum atomic E-state index is -0.515. The smallest absolute Gasteiger partial charge is 0.250 e. The van der Waals surface area contributed by atoms with Crippen LogP contribution in [0, 0.1) is 11.7 Å². The summed E-state index contributed by atoms with van der Waals surface area (Å²) >= 11 is 0. The van der Waals surface area contributed by atoms with Crippen molar-refractivity contribution in [1.82, 2.24) is 29.4 Å². The summed E-state index contributed by atoms with van der Waals surface area (Å²) in [4.78, 5) is 6.61. The standard InChI is InChI=1S/C30H43FN6O3/c1-3-4-8-24(21-38)35-13-9-22(19-35)7-5-6-12-36-20-23(17-33-36)29-26-10-14-40-15-11-28(26)37(34-29)25-16-27(31)30(39-2)32-18-25/h16-18,20,22,24,38H,3-15,19,21H2,1-2H3. The summed E-state index contributed by atoms with van der Waals surface area (Å²) in [6.07, 6.45) is 15.2. The van der Waals surface area contributed by atoms with Gasteiger partial charge in [0.1, 0.15) is 0 Å². The number of methoxy groups -OCH3 is 1. The number of nitrogens with zero attached hydrogens (tertiary/aromatic N) is 6. The largest absolute Gasteiger partial charge is 0.479 e. The van der Waals surface area contributed by atoms with E-state index in [2.05, 4.69) is 28.1 Å². The molecule has 2 atom stereocenters. The molecular weight excluding hydrogens is 511 g/mol. The van der Waals surface area contributed by atoms with Gasteiger partial charge in [-0.1, -0.05) is 26.2 Å². The van der Waals surface area contributed by atoms with Gasteiger partial charge in [-0.15, -0.1) is 0 Å². The molecule has 5 rings (SSSR count). The van der Waals surface area contributed by atoms with Gasteiger partial charge in [-0.05, 0) is 44.6 Å². The molecule has 0 spiro atoms. The molecule has 9 nitrogen and oxygen atoms in total. The van der Waals surface area contributed by atoms with Gasteiger partial charge in [0.25, 0.3) is 0 Å². The van der Waals surface area contributed by atoms with E-state index in [9.17, 15) is 9.50 Å². The van der Waals surface area contributed by atoms with E-state index in [1.165, 1.54) is 45.3 Å². The van der Waals surface area contributed by atoms with Gasteiger partial charge in [-0.25, -0.2) is 14.1 Å². The van der Waals surface area contributed by atoms with Crippen LogP contribution >= 0.6 is 0 Å². The predicted octanol–water partition coefficient (Wildman–Crippen LogP) is 4.44. The Bertz CT molecular complexity index is 1240. The molecule has 218 valence electrons. The van der Waals surface area contributed by atoms with Crippen molar-refractivity contribution in [3.05, 3.63) is 41.7 Å². The molecule has 0 saturated carbocycles. The third kappa shape index (κ3) is 6.56. The van der Waals surface area contributed by atoms with Gasteiger partial charge >= 0.3 is 0 Å². The summed E-state index contributed by atoms with van der Waals surface area (Å²) in [5.41, 5.74) is 4.55. The average Bonchev–Trinajstić information content (AvgIpc) is 3.67. The second-order valence-corrected chi connectivity index (χ2v) is 11.1. The Morgan fingerprint density at radius 1 is 1.20 bits per heavy atom. The second-order valence-electron chi connectivity index (χ2n) is 11.1. The number of aliphatic hydroxyl groups excluding tert-OH is 1. The maximum absolute atomic E-state index is 14.5. The van der Waals surface area contributed by atoms with Crippen LogP contribution in [0.1, 0.15) is 63.1 Å². The normalized spacial score (nSPS) is 18.6. The van der Waals surface area contributed by atoms with Crippen LogP contribution in [-0.4, -0.2) is 80.6 Å². The van der Waals surface area contributed by atoms with E-state index in [4.69, 9.17) is 14.6 Å². The number of rotatable bonds is 13. The molecule has 40 heavy (non-hydrogen) atoms. The average molecular weight is 555 g/mol. The van der Waals surface area contributed by atoms with E-state index < -0.39 is 5.82 Å². The predicted molar refractivity (Wildman–Crippen MR) is 151 cm³/mol. The molecule has 3 aromatic heterocycles. The fourth-order valence-electron chi connectivity index (χ4n) is 6.15. The SMILES string of the molecule is CCCCC(CO)N1CCC(CCCCn2cc(-c3nn(-c4cnc(OC)c(F)c4)c4c3CCOCC4)cn2)C1. The molecule has 0 radical (unpaired) electrons. The van der Waals surface area contributed by atoms with Crippen molar-refractivity contribution in [2.24, 2.45) is 5.92 Å². The van der Waals surface area contributed by atoms with Crippen molar-refractivity contribution in [1.29, 1.82) is 0 Å². The highest BCUT2D eigenvalue weighted by Crippen LogP contribution is 2.31. The monoisotopic (exact) mass is 554 g/mol. The third-order valence-corrected chi connectivity index (χ3v) is 8.39. The minimum absolute atomic E-state index is 0.0292. The molecule has 5 heterocycles. The van der Waals surface area contributed by atoms with Crippen LogP contribution in [0.5, 0.6) is 5.88 Å². The van der Waals surface area contributed by atoms with Crippen molar-refractivity contribution in [3.63, 3.8) is 0 Å². The summed E-state index contributed by atoms with van der Waals surface area (Å²) < 4.78 is 29.0. The van der Waals surface area contributed by atoms with Gasteiger partial charge in [0, 0.05) is 48.9 Å². The van der Waals surface area contributed by atoms with Crippen molar-refractivity contribution in [3.8, 4) is 22.8 Å². The molecule has 0 amide bonds. The summed E-state index contributed by atoms with van der Waals surface area (Å²) in [6.45, 7) is 6.81. The molecule has 3 aromatic rings. The van der Waals surface area contributed by atoms with Crippen molar-refractivity contribution >= 4 is 0 Å². The Balaban J connectivity index is 1.20. The van der Waals surface area contributed by atoms with E-state index in [0.717, 1.165) is 67.3 Å². The maximum atomic E-state index is 14.5. The summed E-state index contributed by atoms with van der Waals surface area (Å²) in [7, 11) is 1.41.